The van der Waals surface area contributed by atoms with E-state index in [1.54, 1.807) is 30.2 Å². The second-order valence-electron chi connectivity index (χ2n) is 5.94. The number of benzene rings is 1. The molecule has 2 aliphatic heterocycles. The summed E-state index contributed by atoms with van der Waals surface area (Å²) in [6.45, 7) is 2.81. The number of hydrogen-bond acceptors (Lipinski definition) is 6. The molecule has 9 nitrogen and oxygen atoms in total. The molecule has 9 heteroatoms. The highest BCUT2D eigenvalue weighted by molar-refractivity contribution is 5.90. The molecule has 1 aromatic rings. The van der Waals surface area contributed by atoms with Crippen LogP contribution < -0.4 is 19.7 Å². The predicted molar refractivity (Wildman–Crippen MR) is 93.0 cm³/mol. The molecule has 3 rings (SSSR count). The number of carbonyl (C=O) groups excluding carboxylic acids is 2. The molecule has 2 saturated heterocycles. The zero-order chi connectivity index (χ0) is 18.5. The van der Waals surface area contributed by atoms with Gasteiger partial charge in [-0.05, 0) is 12.1 Å². The van der Waals surface area contributed by atoms with Crippen LogP contribution in [0.25, 0.3) is 0 Å². The molecular formula is C17H23N3O6. The number of methoxy groups -OCH3 is 2. The lowest BCUT2D eigenvalue weighted by Crippen LogP contribution is -2.48. The summed E-state index contributed by atoms with van der Waals surface area (Å²) in [7, 11) is 3.09. The highest BCUT2D eigenvalue weighted by Gasteiger charge is 2.33. The number of carbonyl (C=O) groups is 2. The molecule has 0 bridgehead atoms. The number of urea groups is 1. The molecule has 2 heterocycles. The summed E-state index contributed by atoms with van der Waals surface area (Å²) in [5.41, 5.74) is 0.648. The monoisotopic (exact) mass is 365 g/mol. The van der Waals surface area contributed by atoms with Gasteiger partial charge in [-0.2, -0.15) is 0 Å². The first-order valence-electron chi connectivity index (χ1n) is 8.43. The van der Waals surface area contributed by atoms with Crippen molar-refractivity contribution in [1.29, 1.82) is 0 Å². The van der Waals surface area contributed by atoms with E-state index in [1.165, 1.54) is 12.0 Å². The van der Waals surface area contributed by atoms with E-state index in [2.05, 4.69) is 5.32 Å². The minimum absolute atomic E-state index is 0.172. The third-order valence-electron chi connectivity index (χ3n) is 4.33. The van der Waals surface area contributed by atoms with E-state index in [9.17, 15) is 9.59 Å². The van der Waals surface area contributed by atoms with Gasteiger partial charge in [0.05, 0.1) is 46.2 Å². The minimum Gasteiger partial charge on any atom is -0.493 e. The fourth-order valence-corrected chi connectivity index (χ4v) is 2.91. The number of cyclic esters (lactones) is 1. The fourth-order valence-electron chi connectivity index (χ4n) is 2.91. The van der Waals surface area contributed by atoms with Gasteiger partial charge in [-0.1, -0.05) is 0 Å². The Balaban J connectivity index is 1.57. The van der Waals surface area contributed by atoms with Crippen LogP contribution in [-0.2, 0) is 9.47 Å². The van der Waals surface area contributed by atoms with E-state index in [-0.39, 0.29) is 12.6 Å². The van der Waals surface area contributed by atoms with Crippen molar-refractivity contribution in [2.75, 3.05) is 58.5 Å². The van der Waals surface area contributed by atoms with Gasteiger partial charge >= 0.3 is 12.1 Å². The summed E-state index contributed by atoms with van der Waals surface area (Å²) in [6.07, 6.45) is -0.872. The first-order valence-corrected chi connectivity index (χ1v) is 8.43. The minimum atomic E-state index is -0.456. The topological polar surface area (TPSA) is 89.6 Å². The predicted octanol–water partition coefficient (Wildman–Crippen LogP) is 1.07. The van der Waals surface area contributed by atoms with Gasteiger partial charge in [0.2, 0.25) is 0 Å². The molecule has 0 saturated carbocycles. The van der Waals surface area contributed by atoms with Crippen molar-refractivity contribution in [2.24, 2.45) is 0 Å². The average molecular weight is 365 g/mol. The number of hydrogen-bond donors (Lipinski definition) is 1. The van der Waals surface area contributed by atoms with Crippen molar-refractivity contribution in [1.82, 2.24) is 10.2 Å². The Morgan fingerprint density at radius 1 is 1.23 bits per heavy atom. The largest absolute Gasteiger partial charge is 0.493 e. The average Bonchev–Trinajstić information content (AvgIpc) is 3.06. The maximum absolute atomic E-state index is 12.2. The van der Waals surface area contributed by atoms with Crippen LogP contribution in [0.3, 0.4) is 0 Å². The highest BCUT2D eigenvalue weighted by Crippen LogP contribution is 2.33. The Morgan fingerprint density at radius 2 is 1.96 bits per heavy atom. The van der Waals surface area contributed by atoms with Crippen LogP contribution in [-0.4, -0.2) is 76.7 Å². The van der Waals surface area contributed by atoms with Gasteiger partial charge < -0.3 is 29.2 Å². The van der Waals surface area contributed by atoms with Gasteiger partial charge in [0.25, 0.3) is 0 Å². The van der Waals surface area contributed by atoms with Gasteiger partial charge in [-0.3, -0.25) is 4.90 Å². The summed E-state index contributed by atoms with van der Waals surface area (Å²) in [5, 5.41) is 2.81. The van der Waals surface area contributed by atoms with Gasteiger partial charge in [0.1, 0.15) is 6.10 Å². The molecule has 0 radical (unpaired) electrons. The van der Waals surface area contributed by atoms with Crippen LogP contribution in [0.5, 0.6) is 11.5 Å². The molecule has 0 spiro atoms. The lowest BCUT2D eigenvalue weighted by molar-refractivity contribution is 0.0523. The summed E-state index contributed by atoms with van der Waals surface area (Å²) in [4.78, 5) is 27.5. The molecule has 1 aromatic carbocycles. The van der Waals surface area contributed by atoms with E-state index >= 15 is 0 Å². The number of rotatable bonds is 5. The van der Waals surface area contributed by atoms with Crippen LogP contribution in [0, 0.1) is 0 Å². The standard InChI is InChI=1S/C17H23N3O6/c1-23-14-4-3-12(9-15(14)24-2)20-11-13(26-17(20)22)10-18-16(21)19-5-7-25-8-6-19/h3-4,9,13H,5-8,10-11H2,1-2H3,(H,18,21). The van der Waals surface area contributed by atoms with Crippen molar-refractivity contribution < 1.29 is 28.5 Å². The van der Waals surface area contributed by atoms with Crippen LogP contribution in [0.2, 0.25) is 0 Å². The number of nitrogens with one attached hydrogen (secondary N) is 1. The van der Waals surface area contributed by atoms with Gasteiger partial charge in [-0.25, -0.2) is 9.59 Å². The summed E-state index contributed by atoms with van der Waals surface area (Å²) < 4.78 is 21.0. The Kier molecular flexibility index (Phi) is 5.67. The number of nitrogens with zero attached hydrogens (tertiary/aromatic N) is 2. The molecule has 2 aliphatic rings. The normalized spacial score (nSPS) is 19.9. The lowest BCUT2D eigenvalue weighted by Gasteiger charge is -2.27. The third kappa shape index (κ3) is 3.93. The molecule has 26 heavy (non-hydrogen) atoms. The van der Waals surface area contributed by atoms with Crippen molar-refractivity contribution in [3.63, 3.8) is 0 Å². The molecule has 0 aliphatic carbocycles. The molecular weight excluding hydrogens is 342 g/mol. The maximum Gasteiger partial charge on any atom is 0.414 e. The van der Waals surface area contributed by atoms with E-state index in [0.29, 0.717) is 50.0 Å². The Labute approximate surface area is 151 Å². The number of morpholine rings is 1. The van der Waals surface area contributed by atoms with Crippen LogP contribution in [0.4, 0.5) is 15.3 Å². The molecule has 142 valence electrons. The number of anilines is 1. The SMILES string of the molecule is COc1ccc(N2CC(CNC(=O)N3CCOCC3)OC2=O)cc1OC. The summed E-state index contributed by atoms with van der Waals surface area (Å²) >= 11 is 0. The molecule has 2 fully saturated rings. The van der Waals surface area contributed by atoms with Crippen molar-refractivity contribution in [2.45, 2.75) is 6.10 Å². The molecule has 1 N–H and O–H groups in total. The van der Waals surface area contributed by atoms with Crippen LogP contribution >= 0.6 is 0 Å². The molecule has 1 unspecified atom stereocenters. The number of amides is 3. The third-order valence-corrected chi connectivity index (χ3v) is 4.33. The second kappa shape index (κ2) is 8.13. The van der Waals surface area contributed by atoms with E-state index in [0.717, 1.165) is 0 Å². The first kappa shape index (κ1) is 18.1. The van der Waals surface area contributed by atoms with Gasteiger partial charge in [0, 0.05) is 19.2 Å². The summed E-state index contributed by atoms with van der Waals surface area (Å²) in [5.74, 6) is 1.11. The zero-order valence-electron chi connectivity index (χ0n) is 14.9. The first-order chi connectivity index (χ1) is 12.6. The van der Waals surface area contributed by atoms with E-state index in [1.807, 2.05) is 0 Å². The van der Waals surface area contributed by atoms with Crippen LogP contribution in [0.1, 0.15) is 0 Å². The molecule has 0 aromatic heterocycles. The van der Waals surface area contributed by atoms with E-state index < -0.39 is 12.2 Å². The Hall–Kier alpha value is -2.68. The van der Waals surface area contributed by atoms with Crippen molar-refractivity contribution in [3.05, 3.63) is 18.2 Å². The molecule has 1 atom stereocenters. The smallest absolute Gasteiger partial charge is 0.414 e. The van der Waals surface area contributed by atoms with E-state index in [4.69, 9.17) is 18.9 Å². The van der Waals surface area contributed by atoms with Crippen LogP contribution in [0.15, 0.2) is 18.2 Å². The lowest BCUT2D eigenvalue weighted by atomic mass is 10.2. The second-order valence-corrected chi connectivity index (χ2v) is 5.94. The number of ether oxygens (including phenoxy) is 4. The Morgan fingerprint density at radius 3 is 2.65 bits per heavy atom. The van der Waals surface area contributed by atoms with Crippen molar-refractivity contribution >= 4 is 17.8 Å². The highest BCUT2D eigenvalue weighted by atomic mass is 16.6. The fraction of sp³-hybridized carbons (Fsp3) is 0.529. The quantitative estimate of drug-likeness (QED) is 0.840. The Bertz CT molecular complexity index is 662. The summed E-state index contributed by atoms with van der Waals surface area (Å²) in [6, 6.07) is 5.04. The van der Waals surface area contributed by atoms with Crippen molar-refractivity contribution in [3.8, 4) is 11.5 Å². The maximum atomic E-state index is 12.2. The molecule has 3 amide bonds. The van der Waals surface area contributed by atoms with Gasteiger partial charge in [0.15, 0.2) is 11.5 Å². The zero-order valence-corrected chi connectivity index (χ0v) is 14.9. The van der Waals surface area contributed by atoms with Gasteiger partial charge in [-0.15, -0.1) is 0 Å².